The SMILES string of the molecule is CC1Cc2ccccc2N1c1nccc(C(=O)NCc2ccc(Cl)cc2)n1. The van der Waals surface area contributed by atoms with Crippen LogP contribution in [0.1, 0.15) is 28.5 Å². The Labute approximate surface area is 163 Å². The van der Waals surface area contributed by atoms with Gasteiger partial charge < -0.3 is 10.2 Å². The minimum atomic E-state index is -0.228. The minimum Gasteiger partial charge on any atom is -0.347 e. The summed E-state index contributed by atoms with van der Waals surface area (Å²) in [6.45, 7) is 2.55. The third kappa shape index (κ3) is 3.64. The van der Waals surface area contributed by atoms with Gasteiger partial charge in [0.15, 0.2) is 0 Å². The summed E-state index contributed by atoms with van der Waals surface area (Å²) < 4.78 is 0. The zero-order chi connectivity index (χ0) is 18.8. The van der Waals surface area contributed by atoms with Gasteiger partial charge in [-0.1, -0.05) is 41.9 Å². The molecule has 1 unspecified atom stereocenters. The summed E-state index contributed by atoms with van der Waals surface area (Å²) in [5.74, 6) is 0.320. The van der Waals surface area contributed by atoms with E-state index in [1.165, 1.54) is 5.56 Å². The molecular formula is C21H19ClN4O. The third-order valence-electron chi connectivity index (χ3n) is 4.66. The first-order valence-corrected chi connectivity index (χ1v) is 9.22. The number of hydrogen-bond donors (Lipinski definition) is 1. The molecule has 0 aliphatic carbocycles. The van der Waals surface area contributed by atoms with Crippen LogP contribution in [0, 0.1) is 0 Å². The molecule has 4 rings (SSSR count). The van der Waals surface area contributed by atoms with Crippen LogP contribution in [0.25, 0.3) is 0 Å². The van der Waals surface area contributed by atoms with Crippen molar-refractivity contribution in [2.24, 2.45) is 0 Å². The Morgan fingerprint density at radius 3 is 2.78 bits per heavy atom. The Morgan fingerprint density at radius 1 is 1.19 bits per heavy atom. The molecule has 3 aromatic rings. The van der Waals surface area contributed by atoms with E-state index in [9.17, 15) is 4.79 Å². The quantitative estimate of drug-likeness (QED) is 0.741. The standard InChI is InChI=1S/C21H19ClN4O/c1-14-12-16-4-2-3-5-19(16)26(14)21-23-11-10-18(25-21)20(27)24-13-15-6-8-17(22)9-7-15/h2-11,14H,12-13H2,1H3,(H,24,27). The second kappa shape index (κ2) is 7.37. The molecule has 1 aromatic heterocycles. The highest BCUT2D eigenvalue weighted by Crippen LogP contribution is 2.36. The van der Waals surface area contributed by atoms with Crippen LogP contribution in [-0.2, 0) is 13.0 Å². The molecule has 0 bridgehead atoms. The lowest BCUT2D eigenvalue weighted by atomic mass is 10.1. The van der Waals surface area contributed by atoms with E-state index in [2.05, 4.69) is 39.2 Å². The summed E-state index contributed by atoms with van der Waals surface area (Å²) in [5.41, 5.74) is 3.70. The van der Waals surface area contributed by atoms with E-state index < -0.39 is 0 Å². The lowest BCUT2D eigenvalue weighted by Crippen LogP contribution is -2.28. The molecule has 6 heteroatoms. The number of para-hydroxylation sites is 1. The van der Waals surface area contributed by atoms with Crippen molar-refractivity contribution in [3.63, 3.8) is 0 Å². The maximum absolute atomic E-state index is 12.5. The number of carbonyl (C=O) groups excluding carboxylic acids is 1. The average molecular weight is 379 g/mol. The maximum Gasteiger partial charge on any atom is 0.270 e. The van der Waals surface area contributed by atoms with E-state index in [1.54, 1.807) is 24.4 Å². The highest BCUT2D eigenvalue weighted by atomic mass is 35.5. The van der Waals surface area contributed by atoms with Gasteiger partial charge in [-0.3, -0.25) is 4.79 Å². The van der Waals surface area contributed by atoms with Crippen molar-refractivity contribution < 1.29 is 4.79 Å². The lowest BCUT2D eigenvalue weighted by molar-refractivity contribution is 0.0946. The van der Waals surface area contributed by atoms with E-state index >= 15 is 0 Å². The van der Waals surface area contributed by atoms with E-state index in [0.29, 0.717) is 23.2 Å². The molecule has 1 aliphatic rings. The number of benzene rings is 2. The van der Waals surface area contributed by atoms with Crippen molar-refractivity contribution in [3.05, 3.63) is 82.6 Å². The number of nitrogens with zero attached hydrogens (tertiary/aromatic N) is 3. The fourth-order valence-corrected chi connectivity index (χ4v) is 3.46. The highest BCUT2D eigenvalue weighted by Gasteiger charge is 2.29. The van der Waals surface area contributed by atoms with E-state index in [4.69, 9.17) is 11.6 Å². The molecule has 1 N–H and O–H groups in total. The van der Waals surface area contributed by atoms with Crippen LogP contribution in [0.4, 0.5) is 11.6 Å². The Bertz CT molecular complexity index is 974. The second-order valence-corrected chi connectivity index (χ2v) is 7.04. The number of carbonyl (C=O) groups is 1. The number of amides is 1. The summed E-state index contributed by atoms with van der Waals surface area (Å²) >= 11 is 5.89. The van der Waals surface area contributed by atoms with E-state index in [1.807, 2.05) is 24.3 Å². The van der Waals surface area contributed by atoms with Crippen molar-refractivity contribution in [1.82, 2.24) is 15.3 Å². The fourth-order valence-electron chi connectivity index (χ4n) is 3.34. The molecular weight excluding hydrogens is 360 g/mol. The van der Waals surface area contributed by atoms with Gasteiger partial charge >= 0.3 is 0 Å². The molecule has 136 valence electrons. The normalized spacial score (nSPS) is 15.5. The summed E-state index contributed by atoms with van der Waals surface area (Å²) in [7, 11) is 0. The van der Waals surface area contributed by atoms with Crippen LogP contribution in [0.3, 0.4) is 0 Å². The predicted octanol–water partition coefficient (Wildman–Crippen LogP) is 4.14. The predicted molar refractivity (Wildman–Crippen MR) is 106 cm³/mol. The zero-order valence-electron chi connectivity index (χ0n) is 14.9. The first-order valence-electron chi connectivity index (χ1n) is 8.84. The zero-order valence-corrected chi connectivity index (χ0v) is 15.6. The van der Waals surface area contributed by atoms with Crippen LogP contribution < -0.4 is 10.2 Å². The van der Waals surface area contributed by atoms with Gasteiger partial charge in [-0.25, -0.2) is 9.97 Å². The summed E-state index contributed by atoms with van der Waals surface area (Å²) in [6.07, 6.45) is 2.57. The van der Waals surface area contributed by atoms with Gasteiger partial charge in [0, 0.05) is 29.5 Å². The minimum absolute atomic E-state index is 0.228. The monoisotopic (exact) mass is 378 g/mol. The first kappa shape index (κ1) is 17.5. The van der Waals surface area contributed by atoms with Gasteiger partial charge in [-0.2, -0.15) is 0 Å². The molecule has 2 aromatic carbocycles. The van der Waals surface area contributed by atoms with Crippen molar-refractivity contribution in [2.45, 2.75) is 25.9 Å². The van der Waals surface area contributed by atoms with E-state index in [-0.39, 0.29) is 11.9 Å². The Kier molecular flexibility index (Phi) is 4.77. The van der Waals surface area contributed by atoms with Gasteiger partial charge in [0.05, 0.1) is 0 Å². The number of anilines is 2. The lowest BCUT2D eigenvalue weighted by Gasteiger charge is -2.22. The van der Waals surface area contributed by atoms with Gasteiger partial charge in [0.1, 0.15) is 5.69 Å². The van der Waals surface area contributed by atoms with Crippen LogP contribution >= 0.6 is 11.6 Å². The number of rotatable bonds is 4. The summed E-state index contributed by atoms with van der Waals surface area (Å²) in [5, 5.41) is 3.56. The summed E-state index contributed by atoms with van der Waals surface area (Å²) in [6, 6.07) is 17.5. The molecule has 0 radical (unpaired) electrons. The summed E-state index contributed by atoms with van der Waals surface area (Å²) in [4.78, 5) is 23.5. The van der Waals surface area contributed by atoms with Crippen molar-refractivity contribution in [1.29, 1.82) is 0 Å². The van der Waals surface area contributed by atoms with Gasteiger partial charge in [0.2, 0.25) is 5.95 Å². The molecule has 0 spiro atoms. The molecule has 5 nitrogen and oxygen atoms in total. The topological polar surface area (TPSA) is 58.1 Å². The molecule has 2 heterocycles. The fraction of sp³-hybridized carbons (Fsp3) is 0.190. The van der Waals surface area contributed by atoms with Crippen LogP contribution in [0.2, 0.25) is 5.02 Å². The average Bonchev–Trinajstić information content (AvgIpc) is 3.03. The molecule has 1 amide bonds. The number of aromatic nitrogens is 2. The van der Waals surface area contributed by atoms with Crippen molar-refractivity contribution in [3.8, 4) is 0 Å². The smallest absolute Gasteiger partial charge is 0.270 e. The molecule has 0 saturated heterocycles. The molecule has 0 fully saturated rings. The van der Waals surface area contributed by atoms with Crippen LogP contribution in [0.5, 0.6) is 0 Å². The van der Waals surface area contributed by atoms with Gasteiger partial charge in [0.25, 0.3) is 5.91 Å². The van der Waals surface area contributed by atoms with Gasteiger partial charge in [-0.15, -0.1) is 0 Å². The Morgan fingerprint density at radius 2 is 1.96 bits per heavy atom. The number of hydrogen-bond acceptors (Lipinski definition) is 4. The van der Waals surface area contributed by atoms with Gasteiger partial charge in [-0.05, 0) is 48.7 Å². The molecule has 27 heavy (non-hydrogen) atoms. The molecule has 1 aliphatic heterocycles. The van der Waals surface area contributed by atoms with Crippen molar-refractivity contribution >= 4 is 29.1 Å². The number of halogens is 1. The highest BCUT2D eigenvalue weighted by molar-refractivity contribution is 6.30. The Balaban J connectivity index is 1.52. The van der Waals surface area contributed by atoms with Crippen LogP contribution in [-0.4, -0.2) is 21.9 Å². The van der Waals surface area contributed by atoms with E-state index in [0.717, 1.165) is 17.7 Å². The number of fused-ring (bicyclic) bond motifs is 1. The van der Waals surface area contributed by atoms with Crippen LogP contribution in [0.15, 0.2) is 60.8 Å². The number of nitrogens with one attached hydrogen (secondary N) is 1. The Hall–Kier alpha value is -2.92. The maximum atomic E-state index is 12.5. The van der Waals surface area contributed by atoms with Crippen molar-refractivity contribution in [2.75, 3.05) is 4.90 Å². The third-order valence-corrected chi connectivity index (χ3v) is 4.92. The molecule has 1 atom stereocenters. The second-order valence-electron chi connectivity index (χ2n) is 6.60. The largest absolute Gasteiger partial charge is 0.347 e. The first-order chi connectivity index (χ1) is 13.1. The molecule has 0 saturated carbocycles.